The van der Waals surface area contributed by atoms with Crippen LogP contribution < -0.4 is 5.32 Å². The van der Waals surface area contributed by atoms with E-state index in [0.717, 1.165) is 20.7 Å². The van der Waals surface area contributed by atoms with Crippen molar-refractivity contribution in [2.24, 2.45) is 0 Å². The summed E-state index contributed by atoms with van der Waals surface area (Å²) in [5, 5.41) is 5.51. The molecule has 0 aliphatic rings. The van der Waals surface area contributed by atoms with Crippen molar-refractivity contribution in [2.45, 2.75) is 13.8 Å². The van der Waals surface area contributed by atoms with Crippen LogP contribution in [0.15, 0.2) is 28.1 Å². The molecule has 0 aliphatic carbocycles. The highest BCUT2D eigenvalue weighted by atomic mass is 79.9. The summed E-state index contributed by atoms with van der Waals surface area (Å²) in [4.78, 5) is 16.0. The van der Waals surface area contributed by atoms with Gasteiger partial charge in [-0.15, -0.1) is 11.3 Å². The van der Waals surface area contributed by atoms with Gasteiger partial charge in [-0.05, 0) is 37.6 Å². The average molecular weight is 311 g/mol. The Balaban J connectivity index is 2.18. The summed E-state index contributed by atoms with van der Waals surface area (Å²) < 4.78 is 0.998. The molecule has 0 bridgehead atoms. The van der Waals surface area contributed by atoms with E-state index >= 15 is 0 Å². The molecule has 1 N–H and O–H groups in total. The van der Waals surface area contributed by atoms with Gasteiger partial charge in [0.15, 0.2) is 0 Å². The van der Waals surface area contributed by atoms with E-state index < -0.39 is 0 Å². The Labute approximate surface area is 112 Å². The van der Waals surface area contributed by atoms with Crippen LogP contribution in [0.3, 0.4) is 0 Å². The Hall–Kier alpha value is -1.20. The molecule has 0 fully saturated rings. The second kappa shape index (κ2) is 4.98. The number of aryl methyl sites for hydroxylation is 2. The van der Waals surface area contributed by atoms with E-state index in [4.69, 9.17) is 0 Å². The van der Waals surface area contributed by atoms with Crippen LogP contribution in [0.2, 0.25) is 0 Å². The van der Waals surface area contributed by atoms with Crippen LogP contribution in [-0.4, -0.2) is 10.9 Å². The molecule has 0 unspecified atom stereocenters. The Morgan fingerprint density at radius 1 is 1.41 bits per heavy atom. The number of nitrogens with one attached hydrogen (secondary N) is 1. The quantitative estimate of drug-likeness (QED) is 0.917. The fraction of sp³-hybridized carbons (Fsp3) is 0.167. The lowest BCUT2D eigenvalue weighted by molar-refractivity contribution is 0.102. The zero-order valence-electron chi connectivity index (χ0n) is 9.45. The molecule has 2 rings (SSSR count). The molecule has 0 saturated carbocycles. The molecule has 1 amide bonds. The molecule has 88 valence electrons. The van der Waals surface area contributed by atoms with Gasteiger partial charge in [-0.1, -0.05) is 15.9 Å². The number of hydrogen-bond acceptors (Lipinski definition) is 3. The van der Waals surface area contributed by atoms with Crippen LogP contribution in [-0.2, 0) is 0 Å². The Bertz CT molecular complexity index is 565. The number of halogens is 1. The summed E-state index contributed by atoms with van der Waals surface area (Å²) >= 11 is 4.86. The molecule has 5 heteroatoms. The van der Waals surface area contributed by atoms with E-state index in [-0.39, 0.29) is 5.91 Å². The fourth-order valence-corrected chi connectivity index (χ4v) is 2.49. The second-order valence-electron chi connectivity index (χ2n) is 3.67. The van der Waals surface area contributed by atoms with Crippen molar-refractivity contribution in [3.63, 3.8) is 0 Å². The lowest BCUT2D eigenvalue weighted by atomic mass is 10.2. The minimum absolute atomic E-state index is 0.167. The third-order valence-electron chi connectivity index (χ3n) is 2.29. The maximum Gasteiger partial charge on any atom is 0.275 e. The summed E-state index contributed by atoms with van der Waals surface area (Å²) in [6, 6.07) is 5.73. The van der Waals surface area contributed by atoms with E-state index in [1.54, 1.807) is 5.38 Å². The minimum atomic E-state index is -0.167. The maximum atomic E-state index is 11.9. The van der Waals surface area contributed by atoms with Crippen LogP contribution >= 0.6 is 27.3 Å². The standard InChI is InChI=1S/C12H11BrN2OS/c1-7-5-9(13)3-4-10(7)15-12(16)11-6-17-8(2)14-11/h3-6H,1-2H3,(H,15,16). The third-order valence-corrected chi connectivity index (χ3v) is 3.56. The first kappa shape index (κ1) is 12.3. The molecule has 1 heterocycles. The van der Waals surface area contributed by atoms with E-state index in [1.165, 1.54) is 11.3 Å². The van der Waals surface area contributed by atoms with Crippen molar-refractivity contribution >= 4 is 38.9 Å². The first-order valence-corrected chi connectivity index (χ1v) is 6.73. The summed E-state index contributed by atoms with van der Waals surface area (Å²) in [7, 11) is 0. The van der Waals surface area contributed by atoms with Gasteiger partial charge >= 0.3 is 0 Å². The minimum Gasteiger partial charge on any atom is -0.320 e. The second-order valence-corrected chi connectivity index (χ2v) is 5.64. The highest BCUT2D eigenvalue weighted by Gasteiger charge is 2.10. The van der Waals surface area contributed by atoms with Crippen molar-refractivity contribution in [2.75, 3.05) is 5.32 Å². The van der Waals surface area contributed by atoms with Crippen LogP contribution in [0.25, 0.3) is 0 Å². The number of nitrogens with zero attached hydrogens (tertiary/aromatic N) is 1. The molecule has 1 aromatic carbocycles. The van der Waals surface area contributed by atoms with E-state index in [2.05, 4.69) is 26.2 Å². The van der Waals surface area contributed by atoms with Crippen molar-refractivity contribution < 1.29 is 4.79 Å². The van der Waals surface area contributed by atoms with E-state index in [1.807, 2.05) is 32.0 Å². The number of aromatic nitrogens is 1. The first-order valence-electron chi connectivity index (χ1n) is 5.06. The largest absolute Gasteiger partial charge is 0.320 e. The smallest absolute Gasteiger partial charge is 0.275 e. The highest BCUT2D eigenvalue weighted by Crippen LogP contribution is 2.20. The van der Waals surface area contributed by atoms with Gasteiger partial charge in [-0.3, -0.25) is 4.79 Å². The normalized spacial score (nSPS) is 10.3. The Kier molecular flexibility index (Phi) is 3.59. The van der Waals surface area contributed by atoms with E-state index in [9.17, 15) is 4.79 Å². The van der Waals surface area contributed by atoms with Gasteiger partial charge in [0.1, 0.15) is 5.69 Å². The average Bonchev–Trinajstić information content (AvgIpc) is 2.69. The van der Waals surface area contributed by atoms with Crippen LogP contribution in [0.1, 0.15) is 21.1 Å². The summed E-state index contributed by atoms with van der Waals surface area (Å²) in [5.41, 5.74) is 2.29. The zero-order valence-corrected chi connectivity index (χ0v) is 11.9. The zero-order chi connectivity index (χ0) is 12.4. The molecule has 17 heavy (non-hydrogen) atoms. The van der Waals surface area contributed by atoms with Gasteiger partial charge in [0.05, 0.1) is 5.01 Å². The summed E-state index contributed by atoms with van der Waals surface area (Å²) in [6.45, 7) is 3.83. The van der Waals surface area contributed by atoms with E-state index in [0.29, 0.717) is 5.69 Å². The van der Waals surface area contributed by atoms with Crippen LogP contribution in [0.5, 0.6) is 0 Å². The molecule has 3 nitrogen and oxygen atoms in total. The molecule has 0 radical (unpaired) electrons. The Morgan fingerprint density at radius 2 is 2.18 bits per heavy atom. The predicted octanol–water partition coefficient (Wildman–Crippen LogP) is 3.77. The topological polar surface area (TPSA) is 42.0 Å². The number of carbonyl (C=O) groups excluding carboxylic acids is 1. The van der Waals surface area contributed by atoms with Crippen LogP contribution in [0, 0.1) is 13.8 Å². The van der Waals surface area contributed by atoms with Crippen molar-refractivity contribution in [3.8, 4) is 0 Å². The lowest BCUT2D eigenvalue weighted by Crippen LogP contribution is -2.13. The van der Waals surface area contributed by atoms with Crippen molar-refractivity contribution in [1.82, 2.24) is 4.98 Å². The molecule has 2 aromatic rings. The molecule has 0 spiro atoms. The van der Waals surface area contributed by atoms with Gasteiger partial charge in [0, 0.05) is 15.5 Å². The highest BCUT2D eigenvalue weighted by molar-refractivity contribution is 9.10. The number of hydrogen-bond donors (Lipinski definition) is 1. The van der Waals surface area contributed by atoms with Gasteiger partial charge < -0.3 is 5.32 Å². The number of benzene rings is 1. The number of thiazole rings is 1. The van der Waals surface area contributed by atoms with Gasteiger partial charge in [0.2, 0.25) is 0 Å². The number of rotatable bonds is 2. The Morgan fingerprint density at radius 3 is 2.76 bits per heavy atom. The van der Waals surface area contributed by atoms with Crippen molar-refractivity contribution in [3.05, 3.63) is 44.3 Å². The van der Waals surface area contributed by atoms with Gasteiger partial charge in [-0.2, -0.15) is 0 Å². The van der Waals surface area contributed by atoms with Crippen molar-refractivity contribution in [1.29, 1.82) is 0 Å². The molecular formula is C12H11BrN2OS. The summed E-state index contributed by atoms with van der Waals surface area (Å²) in [6.07, 6.45) is 0. The third kappa shape index (κ3) is 2.92. The number of amides is 1. The molecule has 0 atom stereocenters. The van der Waals surface area contributed by atoms with Gasteiger partial charge in [-0.25, -0.2) is 4.98 Å². The number of carbonyl (C=O) groups is 1. The lowest BCUT2D eigenvalue weighted by Gasteiger charge is -2.07. The fourth-order valence-electron chi connectivity index (χ4n) is 1.42. The predicted molar refractivity (Wildman–Crippen MR) is 73.7 cm³/mol. The number of anilines is 1. The molecule has 1 aromatic heterocycles. The monoisotopic (exact) mass is 310 g/mol. The first-order chi connectivity index (χ1) is 8.06. The van der Waals surface area contributed by atoms with Crippen LogP contribution in [0.4, 0.5) is 5.69 Å². The molecule has 0 saturated heterocycles. The molecule has 0 aliphatic heterocycles. The maximum absolute atomic E-state index is 11.9. The van der Waals surface area contributed by atoms with Gasteiger partial charge in [0.25, 0.3) is 5.91 Å². The SMILES string of the molecule is Cc1nc(C(=O)Nc2ccc(Br)cc2C)cs1. The molecular weight excluding hydrogens is 300 g/mol. The summed E-state index contributed by atoms with van der Waals surface area (Å²) in [5.74, 6) is -0.167.